The van der Waals surface area contributed by atoms with Gasteiger partial charge in [0.15, 0.2) is 5.70 Å². The van der Waals surface area contributed by atoms with Gasteiger partial charge in [-0.3, -0.25) is 0 Å². The number of hydrogen-bond acceptors (Lipinski definition) is 4. The summed E-state index contributed by atoms with van der Waals surface area (Å²) in [6, 6.07) is 5.66. The van der Waals surface area contributed by atoms with Gasteiger partial charge in [-0.05, 0) is 55.9 Å². The fourth-order valence-electron chi connectivity index (χ4n) is 3.67. The van der Waals surface area contributed by atoms with Gasteiger partial charge >= 0.3 is 5.97 Å². The SMILES string of the molecule is CCCC1CCC(C2=NC(=Cc3cc(Br)ccc3OC)C(=O)O2)CC1. The van der Waals surface area contributed by atoms with Crippen molar-refractivity contribution in [1.82, 2.24) is 0 Å². The van der Waals surface area contributed by atoms with Crippen LogP contribution in [-0.4, -0.2) is 19.0 Å². The number of benzene rings is 1. The second-order valence-electron chi connectivity index (χ2n) is 6.76. The molecule has 1 aromatic carbocycles. The molecule has 0 radical (unpaired) electrons. The third-order valence-electron chi connectivity index (χ3n) is 5.01. The Hall–Kier alpha value is -1.62. The maximum absolute atomic E-state index is 12.2. The molecule has 1 fully saturated rings. The number of carbonyl (C=O) groups is 1. The van der Waals surface area contributed by atoms with Crippen LogP contribution >= 0.6 is 15.9 Å². The van der Waals surface area contributed by atoms with E-state index in [9.17, 15) is 4.79 Å². The van der Waals surface area contributed by atoms with Gasteiger partial charge < -0.3 is 9.47 Å². The van der Waals surface area contributed by atoms with Crippen LogP contribution in [0.15, 0.2) is 33.4 Å². The molecular formula is C20H24BrNO3. The molecule has 2 aliphatic rings. The first-order chi connectivity index (χ1) is 12.1. The maximum Gasteiger partial charge on any atom is 0.363 e. The first-order valence-electron chi connectivity index (χ1n) is 8.96. The third-order valence-corrected chi connectivity index (χ3v) is 5.51. The van der Waals surface area contributed by atoms with Crippen LogP contribution in [0.25, 0.3) is 6.08 Å². The van der Waals surface area contributed by atoms with Crippen molar-refractivity contribution in [1.29, 1.82) is 0 Å². The molecule has 0 bridgehead atoms. The Balaban J connectivity index is 1.76. The molecule has 0 aromatic heterocycles. The molecule has 1 saturated carbocycles. The average Bonchev–Trinajstić information content (AvgIpc) is 2.97. The summed E-state index contributed by atoms with van der Waals surface area (Å²) in [4.78, 5) is 16.7. The lowest BCUT2D eigenvalue weighted by atomic mass is 9.80. The molecule has 5 heteroatoms. The van der Waals surface area contributed by atoms with Crippen molar-refractivity contribution >= 4 is 33.9 Å². The van der Waals surface area contributed by atoms with E-state index in [2.05, 4.69) is 27.8 Å². The Bertz CT molecular complexity index is 703. The number of nitrogens with zero attached hydrogens (tertiary/aromatic N) is 1. The number of carbonyl (C=O) groups excluding carboxylic acids is 1. The molecule has 0 unspecified atom stereocenters. The molecule has 3 rings (SSSR count). The summed E-state index contributed by atoms with van der Waals surface area (Å²) in [5.41, 5.74) is 1.16. The zero-order chi connectivity index (χ0) is 17.8. The molecule has 1 aliphatic heterocycles. The molecule has 134 valence electrons. The van der Waals surface area contributed by atoms with Gasteiger partial charge in [-0.25, -0.2) is 9.79 Å². The van der Waals surface area contributed by atoms with Gasteiger partial charge in [-0.15, -0.1) is 0 Å². The summed E-state index contributed by atoms with van der Waals surface area (Å²) >= 11 is 3.45. The Morgan fingerprint density at radius 3 is 2.76 bits per heavy atom. The fourth-order valence-corrected chi connectivity index (χ4v) is 4.05. The van der Waals surface area contributed by atoms with Gasteiger partial charge in [0, 0.05) is 16.0 Å². The van der Waals surface area contributed by atoms with Crippen LogP contribution in [0.5, 0.6) is 5.75 Å². The lowest BCUT2D eigenvalue weighted by Crippen LogP contribution is -2.22. The summed E-state index contributed by atoms with van der Waals surface area (Å²) in [6.07, 6.45) is 8.80. The number of rotatable bonds is 5. The van der Waals surface area contributed by atoms with Crippen molar-refractivity contribution in [2.24, 2.45) is 16.8 Å². The zero-order valence-corrected chi connectivity index (χ0v) is 16.3. The third kappa shape index (κ3) is 4.32. The van der Waals surface area contributed by atoms with E-state index in [0.717, 1.165) is 28.8 Å². The fraction of sp³-hybridized carbons (Fsp3) is 0.500. The molecule has 0 spiro atoms. The molecule has 0 atom stereocenters. The predicted octanol–water partition coefficient (Wildman–Crippen LogP) is 5.36. The van der Waals surface area contributed by atoms with E-state index >= 15 is 0 Å². The summed E-state index contributed by atoms with van der Waals surface area (Å²) in [5, 5.41) is 0. The summed E-state index contributed by atoms with van der Waals surface area (Å²) in [5.74, 6) is 2.02. The predicted molar refractivity (Wildman–Crippen MR) is 103 cm³/mol. The van der Waals surface area contributed by atoms with E-state index in [1.807, 2.05) is 18.2 Å². The van der Waals surface area contributed by atoms with Crippen LogP contribution < -0.4 is 4.74 Å². The lowest BCUT2D eigenvalue weighted by Gasteiger charge is -2.27. The first kappa shape index (κ1) is 18.2. The Labute approximate surface area is 157 Å². The number of cyclic esters (lactones) is 1. The minimum atomic E-state index is -0.368. The van der Waals surface area contributed by atoms with Gasteiger partial charge in [0.25, 0.3) is 0 Å². The highest BCUT2D eigenvalue weighted by Crippen LogP contribution is 2.35. The Morgan fingerprint density at radius 2 is 2.08 bits per heavy atom. The molecule has 1 aliphatic carbocycles. The van der Waals surface area contributed by atoms with Crippen molar-refractivity contribution < 1.29 is 14.3 Å². The molecule has 1 heterocycles. The normalized spacial score (nSPS) is 25.0. The highest BCUT2D eigenvalue weighted by Gasteiger charge is 2.32. The maximum atomic E-state index is 12.2. The second-order valence-corrected chi connectivity index (χ2v) is 7.68. The van der Waals surface area contributed by atoms with E-state index in [1.165, 1.54) is 25.7 Å². The van der Waals surface area contributed by atoms with E-state index in [1.54, 1.807) is 13.2 Å². The quantitative estimate of drug-likeness (QED) is 0.489. The molecule has 0 N–H and O–H groups in total. The summed E-state index contributed by atoms with van der Waals surface area (Å²) < 4.78 is 11.8. The number of ether oxygens (including phenoxy) is 2. The van der Waals surface area contributed by atoms with Gasteiger partial charge in [0.2, 0.25) is 5.90 Å². The number of esters is 1. The number of halogens is 1. The van der Waals surface area contributed by atoms with E-state index < -0.39 is 0 Å². The monoisotopic (exact) mass is 405 g/mol. The number of hydrogen-bond donors (Lipinski definition) is 0. The molecule has 0 amide bonds. The lowest BCUT2D eigenvalue weighted by molar-refractivity contribution is -0.130. The van der Waals surface area contributed by atoms with Crippen molar-refractivity contribution in [2.75, 3.05) is 7.11 Å². The average molecular weight is 406 g/mol. The topological polar surface area (TPSA) is 47.9 Å². The Kier molecular flexibility index (Phi) is 5.94. The molecule has 4 nitrogen and oxygen atoms in total. The first-order valence-corrected chi connectivity index (χ1v) is 9.76. The van der Waals surface area contributed by atoms with Crippen molar-refractivity contribution in [3.05, 3.63) is 33.9 Å². The van der Waals surface area contributed by atoms with Gasteiger partial charge in [0.1, 0.15) is 5.75 Å². The van der Waals surface area contributed by atoms with Crippen LogP contribution in [0.3, 0.4) is 0 Å². The van der Waals surface area contributed by atoms with Crippen LogP contribution in [0.4, 0.5) is 0 Å². The highest BCUT2D eigenvalue weighted by atomic mass is 79.9. The molecule has 25 heavy (non-hydrogen) atoms. The minimum Gasteiger partial charge on any atom is -0.496 e. The number of methoxy groups -OCH3 is 1. The van der Waals surface area contributed by atoms with Crippen LogP contribution in [0.1, 0.15) is 51.0 Å². The Morgan fingerprint density at radius 1 is 1.32 bits per heavy atom. The zero-order valence-electron chi connectivity index (χ0n) is 14.8. The highest BCUT2D eigenvalue weighted by molar-refractivity contribution is 9.10. The van der Waals surface area contributed by atoms with Crippen LogP contribution in [0.2, 0.25) is 0 Å². The summed E-state index contributed by atoms with van der Waals surface area (Å²) in [7, 11) is 1.61. The molecule has 1 aromatic rings. The van der Waals surface area contributed by atoms with Crippen molar-refractivity contribution in [2.45, 2.75) is 45.4 Å². The van der Waals surface area contributed by atoms with Crippen molar-refractivity contribution in [3.63, 3.8) is 0 Å². The van der Waals surface area contributed by atoms with E-state index in [-0.39, 0.29) is 11.9 Å². The van der Waals surface area contributed by atoms with Gasteiger partial charge in [0.05, 0.1) is 7.11 Å². The number of aliphatic imine (C=N–C) groups is 1. The molecular weight excluding hydrogens is 382 g/mol. The van der Waals surface area contributed by atoms with E-state index in [0.29, 0.717) is 17.3 Å². The van der Waals surface area contributed by atoms with Gasteiger partial charge in [-0.2, -0.15) is 0 Å². The van der Waals surface area contributed by atoms with E-state index in [4.69, 9.17) is 9.47 Å². The molecule has 0 saturated heterocycles. The minimum absolute atomic E-state index is 0.271. The largest absolute Gasteiger partial charge is 0.496 e. The van der Waals surface area contributed by atoms with Crippen LogP contribution in [0, 0.1) is 11.8 Å². The van der Waals surface area contributed by atoms with Gasteiger partial charge in [-0.1, -0.05) is 35.7 Å². The second kappa shape index (κ2) is 8.17. The van der Waals surface area contributed by atoms with Crippen molar-refractivity contribution in [3.8, 4) is 5.75 Å². The standard InChI is InChI=1S/C20H24BrNO3/c1-3-4-13-5-7-14(8-6-13)19-22-17(20(23)25-19)12-15-11-16(21)9-10-18(15)24-2/h9-14H,3-8H2,1-2H3. The smallest absolute Gasteiger partial charge is 0.363 e. The van der Waals surface area contributed by atoms with Crippen LogP contribution in [-0.2, 0) is 9.53 Å². The summed E-state index contributed by atoms with van der Waals surface area (Å²) in [6.45, 7) is 2.24.